The van der Waals surface area contributed by atoms with Gasteiger partial charge in [0.2, 0.25) is 0 Å². The Morgan fingerprint density at radius 3 is 3.09 bits per heavy atom. The summed E-state index contributed by atoms with van der Waals surface area (Å²) in [6, 6.07) is 3.70. The van der Waals surface area contributed by atoms with Crippen LogP contribution in [0.5, 0.6) is 0 Å². The molecule has 0 bridgehead atoms. The second-order valence-corrected chi connectivity index (χ2v) is 5.58. The Bertz CT molecular complexity index is 674. The molecule has 2 aromatic heterocycles. The Hall–Kier alpha value is -1.06. The summed E-state index contributed by atoms with van der Waals surface area (Å²) in [6.07, 6.45) is 3.93. The molecule has 0 aliphatic carbocycles. The van der Waals surface area contributed by atoms with Crippen molar-refractivity contribution in [3.8, 4) is 0 Å². The van der Waals surface area contributed by atoms with Crippen LogP contribution in [0.3, 0.4) is 0 Å². The van der Waals surface area contributed by atoms with Gasteiger partial charge >= 0.3 is 0 Å². The minimum atomic E-state index is 0. The quantitative estimate of drug-likeness (QED) is 0.446. The highest BCUT2D eigenvalue weighted by molar-refractivity contribution is 14.0. The molecular formula is C14H19ClIN5O. The number of guanidine groups is 1. The van der Waals surface area contributed by atoms with Crippen LogP contribution in [0.4, 0.5) is 0 Å². The second-order valence-electron chi connectivity index (χ2n) is 5.15. The van der Waals surface area contributed by atoms with Crippen molar-refractivity contribution in [1.82, 2.24) is 14.3 Å². The molecule has 1 saturated heterocycles. The van der Waals surface area contributed by atoms with Crippen molar-refractivity contribution in [3.63, 3.8) is 0 Å². The maximum atomic E-state index is 6.04. The van der Waals surface area contributed by atoms with Gasteiger partial charge in [0.15, 0.2) is 5.96 Å². The lowest BCUT2D eigenvalue weighted by Crippen LogP contribution is -2.47. The average Bonchev–Trinajstić information content (AvgIpc) is 2.86. The molecule has 8 heteroatoms. The molecule has 0 aromatic carbocycles. The number of aromatic nitrogens is 2. The molecule has 3 rings (SSSR count). The third kappa shape index (κ3) is 4.02. The van der Waals surface area contributed by atoms with E-state index in [1.165, 1.54) is 0 Å². The minimum absolute atomic E-state index is 0. The van der Waals surface area contributed by atoms with Crippen LogP contribution in [0.15, 0.2) is 29.5 Å². The Kier molecular flexibility index (Phi) is 5.87. The highest BCUT2D eigenvalue weighted by Gasteiger charge is 2.17. The lowest BCUT2D eigenvalue weighted by Gasteiger charge is -2.31. The zero-order valence-corrected chi connectivity index (χ0v) is 15.4. The number of hydrogen-bond donors (Lipinski definition) is 1. The number of pyridine rings is 1. The Balaban J connectivity index is 0.00000176. The van der Waals surface area contributed by atoms with Crippen LogP contribution < -0.4 is 5.73 Å². The predicted molar refractivity (Wildman–Crippen MR) is 97.9 cm³/mol. The lowest BCUT2D eigenvalue weighted by molar-refractivity contribution is 0.00528. The molecule has 0 saturated carbocycles. The van der Waals surface area contributed by atoms with E-state index in [-0.39, 0.29) is 30.1 Å². The highest BCUT2D eigenvalue weighted by atomic mass is 127. The van der Waals surface area contributed by atoms with Crippen molar-refractivity contribution in [2.45, 2.75) is 19.6 Å². The van der Waals surface area contributed by atoms with Crippen LogP contribution in [0.2, 0.25) is 5.02 Å². The summed E-state index contributed by atoms with van der Waals surface area (Å²) in [4.78, 5) is 11.0. The second kappa shape index (κ2) is 7.47. The number of hydrogen-bond acceptors (Lipinski definition) is 3. The third-order valence-corrected chi connectivity index (χ3v) is 3.66. The smallest absolute Gasteiger partial charge is 0.191 e. The number of aliphatic imine (C=N–C) groups is 1. The van der Waals surface area contributed by atoms with E-state index in [9.17, 15) is 0 Å². The summed E-state index contributed by atoms with van der Waals surface area (Å²) in [6.45, 7) is 4.73. The summed E-state index contributed by atoms with van der Waals surface area (Å²) >= 11 is 5.96. The fourth-order valence-corrected chi connectivity index (χ4v) is 2.55. The van der Waals surface area contributed by atoms with Crippen molar-refractivity contribution >= 4 is 47.2 Å². The molecule has 3 heterocycles. The van der Waals surface area contributed by atoms with E-state index in [1.807, 2.05) is 40.8 Å². The molecule has 0 amide bonds. The van der Waals surface area contributed by atoms with Gasteiger partial charge in [0.1, 0.15) is 5.65 Å². The number of fused-ring (bicyclic) bond motifs is 1. The van der Waals surface area contributed by atoms with Crippen molar-refractivity contribution in [2.75, 3.05) is 19.7 Å². The van der Waals surface area contributed by atoms with Gasteiger partial charge < -0.3 is 19.8 Å². The van der Waals surface area contributed by atoms with Gasteiger partial charge in [-0.3, -0.25) is 0 Å². The maximum absolute atomic E-state index is 6.04. The van der Waals surface area contributed by atoms with E-state index < -0.39 is 0 Å². The minimum Gasteiger partial charge on any atom is -0.375 e. The SMILES string of the molecule is CC1CN(C(N)=NCc2cn3cc(Cl)ccc3n2)CCO1.I. The van der Waals surface area contributed by atoms with Crippen LogP contribution in [-0.2, 0) is 11.3 Å². The Morgan fingerprint density at radius 2 is 2.32 bits per heavy atom. The molecule has 1 aliphatic heterocycles. The van der Waals surface area contributed by atoms with Crippen LogP contribution in [-0.4, -0.2) is 46.0 Å². The van der Waals surface area contributed by atoms with E-state index in [0.717, 1.165) is 24.4 Å². The van der Waals surface area contributed by atoms with Crippen molar-refractivity contribution < 1.29 is 4.74 Å². The molecule has 6 nitrogen and oxygen atoms in total. The molecular weight excluding hydrogens is 417 g/mol. The first-order valence-corrected chi connectivity index (χ1v) is 7.29. The Labute approximate surface area is 151 Å². The van der Waals surface area contributed by atoms with Gasteiger partial charge in [-0.1, -0.05) is 11.6 Å². The summed E-state index contributed by atoms with van der Waals surface area (Å²) in [5.41, 5.74) is 7.75. The number of halogens is 2. The first-order chi connectivity index (χ1) is 10.1. The molecule has 1 fully saturated rings. The summed E-state index contributed by atoms with van der Waals surface area (Å²) in [5.74, 6) is 0.542. The van der Waals surface area contributed by atoms with Gasteiger partial charge in [-0.15, -0.1) is 24.0 Å². The number of rotatable bonds is 2. The summed E-state index contributed by atoms with van der Waals surface area (Å²) in [5, 5.41) is 0.678. The van der Waals surface area contributed by atoms with Crippen molar-refractivity contribution in [1.29, 1.82) is 0 Å². The third-order valence-electron chi connectivity index (χ3n) is 3.43. The van der Waals surface area contributed by atoms with Gasteiger partial charge in [-0.2, -0.15) is 0 Å². The molecule has 1 aliphatic rings. The number of nitrogens with two attached hydrogens (primary N) is 1. The number of ether oxygens (including phenoxy) is 1. The van der Waals surface area contributed by atoms with Crippen LogP contribution in [0.25, 0.3) is 5.65 Å². The average molecular weight is 436 g/mol. The van der Waals surface area contributed by atoms with E-state index in [1.54, 1.807) is 0 Å². The molecule has 22 heavy (non-hydrogen) atoms. The van der Waals surface area contributed by atoms with E-state index >= 15 is 0 Å². The van der Waals surface area contributed by atoms with Crippen LogP contribution >= 0.6 is 35.6 Å². The number of nitrogens with zero attached hydrogens (tertiary/aromatic N) is 4. The van der Waals surface area contributed by atoms with Crippen molar-refractivity contribution in [2.24, 2.45) is 10.7 Å². The number of morpholine rings is 1. The first kappa shape index (κ1) is 17.3. The van der Waals surface area contributed by atoms with E-state index in [4.69, 9.17) is 22.1 Å². The van der Waals surface area contributed by atoms with Crippen LogP contribution in [0.1, 0.15) is 12.6 Å². The lowest BCUT2D eigenvalue weighted by atomic mass is 10.3. The van der Waals surface area contributed by atoms with Crippen molar-refractivity contribution in [3.05, 3.63) is 35.2 Å². The van der Waals surface area contributed by atoms with Gasteiger partial charge in [0, 0.05) is 25.5 Å². The van der Waals surface area contributed by atoms with Crippen LogP contribution in [0, 0.1) is 0 Å². The molecule has 0 spiro atoms. The Morgan fingerprint density at radius 1 is 1.50 bits per heavy atom. The highest BCUT2D eigenvalue weighted by Crippen LogP contribution is 2.12. The fraction of sp³-hybridized carbons (Fsp3) is 0.429. The van der Waals surface area contributed by atoms with Gasteiger partial charge in [0.05, 0.1) is 30.0 Å². The topological polar surface area (TPSA) is 68.2 Å². The zero-order chi connectivity index (χ0) is 14.8. The molecule has 2 N–H and O–H groups in total. The van der Waals surface area contributed by atoms with E-state index in [2.05, 4.69) is 9.98 Å². The standard InChI is InChI=1S/C14H18ClN5O.HI/c1-10-7-19(4-5-21-10)14(16)17-6-12-9-20-8-11(15)2-3-13(20)18-12;/h2-3,8-10H,4-7H2,1H3,(H2,16,17);1H. The molecule has 120 valence electrons. The molecule has 1 unspecified atom stereocenters. The first-order valence-electron chi connectivity index (χ1n) is 6.91. The fourth-order valence-electron chi connectivity index (χ4n) is 2.38. The maximum Gasteiger partial charge on any atom is 0.191 e. The summed E-state index contributed by atoms with van der Waals surface area (Å²) in [7, 11) is 0. The molecule has 0 radical (unpaired) electrons. The van der Waals surface area contributed by atoms with E-state index in [0.29, 0.717) is 24.1 Å². The monoisotopic (exact) mass is 435 g/mol. The molecule has 2 aromatic rings. The predicted octanol–water partition coefficient (Wildman–Crippen LogP) is 2.14. The number of imidazole rings is 1. The summed E-state index contributed by atoms with van der Waals surface area (Å²) < 4.78 is 7.38. The zero-order valence-electron chi connectivity index (χ0n) is 12.3. The largest absolute Gasteiger partial charge is 0.375 e. The molecule has 1 atom stereocenters. The van der Waals surface area contributed by atoms with Gasteiger partial charge in [0.25, 0.3) is 0 Å². The van der Waals surface area contributed by atoms with Gasteiger partial charge in [-0.05, 0) is 19.1 Å². The van der Waals surface area contributed by atoms with Gasteiger partial charge in [-0.25, -0.2) is 9.98 Å². The normalized spacial score (nSPS) is 19.3.